The van der Waals surface area contributed by atoms with Gasteiger partial charge in [-0.3, -0.25) is 4.79 Å². The maximum Gasteiger partial charge on any atom is 0.152 e. The van der Waals surface area contributed by atoms with E-state index in [1.54, 1.807) is 6.20 Å². The molecule has 3 rings (SSSR count). The van der Waals surface area contributed by atoms with Gasteiger partial charge in [0.05, 0.1) is 11.7 Å². The Balaban J connectivity index is 1.81. The van der Waals surface area contributed by atoms with Crippen LogP contribution in [0.5, 0.6) is 0 Å². The second-order valence-corrected chi connectivity index (χ2v) is 4.81. The summed E-state index contributed by atoms with van der Waals surface area (Å²) in [6.07, 6.45) is 8.24. The number of fused-ring (bicyclic) bond motifs is 1. The lowest BCUT2D eigenvalue weighted by molar-refractivity contribution is 0.112. The monoisotopic (exact) mass is 243 g/mol. The van der Waals surface area contributed by atoms with Gasteiger partial charge in [0, 0.05) is 24.7 Å². The molecule has 4 nitrogen and oxygen atoms in total. The van der Waals surface area contributed by atoms with Crippen molar-refractivity contribution >= 4 is 11.8 Å². The number of likely N-dealkylation sites (tertiary alicyclic amines) is 1. The van der Waals surface area contributed by atoms with E-state index in [1.807, 2.05) is 22.7 Å². The number of hydrogen-bond donors (Lipinski definition) is 0. The molecule has 3 heterocycles. The Morgan fingerprint density at radius 2 is 2.17 bits per heavy atom. The zero-order valence-corrected chi connectivity index (χ0v) is 10.4. The van der Waals surface area contributed by atoms with Crippen molar-refractivity contribution < 1.29 is 4.79 Å². The zero-order valence-electron chi connectivity index (χ0n) is 10.4. The molecule has 1 aliphatic heterocycles. The van der Waals surface area contributed by atoms with Gasteiger partial charge in [-0.2, -0.15) is 0 Å². The molecule has 0 atom stereocenters. The Hall–Kier alpha value is -1.68. The van der Waals surface area contributed by atoms with Crippen molar-refractivity contribution in [2.45, 2.75) is 19.3 Å². The molecule has 0 N–H and O–H groups in total. The molecule has 1 saturated heterocycles. The quantitative estimate of drug-likeness (QED) is 0.768. The third-order valence-electron chi connectivity index (χ3n) is 3.66. The Morgan fingerprint density at radius 1 is 1.33 bits per heavy atom. The smallest absolute Gasteiger partial charge is 0.152 e. The molecule has 2 aromatic rings. The Bertz CT molecular complexity index is 555. The summed E-state index contributed by atoms with van der Waals surface area (Å²) in [5.41, 5.74) is 1.61. The number of nitrogens with zero attached hydrogens (tertiary/aromatic N) is 3. The van der Waals surface area contributed by atoms with E-state index >= 15 is 0 Å². The standard InChI is InChI=1S/C14H17N3O/c18-11-12-4-3-8-17-13(12)10-15-14(17)5-9-16-6-1-2-7-16/h3-4,8,10-11H,1-2,5-7,9H2. The lowest BCUT2D eigenvalue weighted by atomic mass is 10.2. The fourth-order valence-electron chi connectivity index (χ4n) is 2.65. The molecule has 0 spiro atoms. The number of carbonyl (C=O) groups is 1. The highest BCUT2D eigenvalue weighted by molar-refractivity contribution is 5.85. The van der Waals surface area contributed by atoms with Gasteiger partial charge < -0.3 is 9.30 Å². The van der Waals surface area contributed by atoms with Gasteiger partial charge in [0.25, 0.3) is 0 Å². The molecule has 0 amide bonds. The van der Waals surface area contributed by atoms with Crippen LogP contribution in [0.2, 0.25) is 0 Å². The lowest BCUT2D eigenvalue weighted by Gasteiger charge is -2.13. The van der Waals surface area contributed by atoms with Gasteiger partial charge in [0.2, 0.25) is 0 Å². The fraction of sp³-hybridized carbons (Fsp3) is 0.429. The molecule has 0 saturated carbocycles. The molecule has 0 aromatic carbocycles. The van der Waals surface area contributed by atoms with Gasteiger partial charge in [0.15, 0.2) is 6.29 Å². The first-order chi connectivity index (χ1) is 8.88. The number of imidazole rings is 1. The van der Waals surface area contributed by atoms with E-state index in [1.165, 1.54) is 25.9 Å². The van der Waals surface area contributed by atoms with Crippen LogP contribution in [0.4, 0.5) is 0 Å². The van der Waals surface area contributed by atoms with E-state index in [-0.39, 0.29) is 0 Å². The minimum absolute atomic E-state index is 0.706. The molecule has 0 bridgehead atoms. The second kappa shape index (κ2) is 4.90. The molecule has 4 heteroatoms. The second-order valence-electron chi connectivity index (χ2n) is 4.81. The van der Waals surface area contributed by atoms with Gasteiger partial charge >= 0.3 is 0 Å². The average molecular weight is 243 g/mol. The van der Waals surface area contributed by atoms with Gasteiger partial charge in [-0.1, -0.05) is 0 Å². The largest absolute Gasteiger partial charge is 0.303 e. The zero-order chi connectivity index (χ0) is 12.4. The van der Waals surface area contributed by atoms with E-state index in [9.17, 15) is 4.79 Å². The van der Waals surface area contributed by atoms with Crippen LogP contribution in [0.3, 0.4) is 0 Å². The first-order valence-electron chi connectivity index (χ1n) is 6.51. The first kappa shape index (κ1) is 11.4. The number of aldehydes is 1. The highest BCUT2D eigenvalue weighted by Gasteiger charge is 2.13. The summed E-state index contributed by atoms with van der Waals surface area (Å²) in [4.78, 5) is 17.9. The molecule has 2 aromatic heterocycles. The van der Waals surface area contributed by atoms with E-state index in [0.29, 0.717) is 5.56 Å². The summed E-state index contributed by atoms with van der Waals surface area (Å²) in [6, 6.07) is 3.73. The van der Waals surface area contributed by atoms with E-state index in [0.717, 1.165) is 30.6 Å². The summed E-state index contributed by atoms with van der Waals surface area (Å²) in [5, 5.41) is 0. The highest BCUT2D eigenvalue weighted by Crippen LogP contribution is 2.13. The van der Waals surface area contributed by atoms with Crippen molar-refractivity contribution in [3.63, 3.8) is 0 Å². The van der Waals surface area contributed by atoms with Crippen molar-refractivity contribution in [1.82, 2.24) is 14.3 Å². The predicted octanol–water partition coefficient (Wildman–Crippen LogP) is 1.79. The van der Waals surface area contributed by atoms with Crippen LogP contribution < -0.4 is 0 Å². The van der Waals surface area contributed by atoms with Gasteiger partial charge in [-0.05, 0) is 38.1 Å². The van der Waals surface area contributed by atoms with Crippen molar-refractivity contribution in [1.29, 1.82) is 0 Å². The van der Waals surface area contributed by atoms with Crippen molar-refractivity contribution in [2.75, 3.05) is 19.6 Å². The Kier molecular flexibility index (Phi) is 3.11. The summed E-state index contributed by atoms with van der Waals surface area (Å²) in [7, 11) is 0. The molecule has 94 valence electrons. The van der Waals surface area contributed by atoms with Gasteiger partial charge in [0.1, 0.15) is 5.82 Å². The Morgan fingerprint density at radius 3 is 2.94 bits per heavy atom. The third kappa shape index (κ3) is 2.04. The Labute approximate surface area is 106 Å². The molecular weight excluding hydrogens is 226 g/mol. The molecule has 18 heavy (non-hydrogen) atoms. The van der Waals surface area contributed by atoms with E-state index < -0.39 is 0 Å². The summed E-state index contributed by atoms with van der Waals surface area (Å²) < 4.78 is 2.03. The number of carbonyl (C=O) groups excluding carboxylic acids is 1. The number of pyridine rings is 1. The normalized spacial score (nSPS) is 16.4. The highest BCUT2D eigenvalue weighted by atomic mass is 16.1. The topological polar surface area (TPSA) is 37.6 Å². The van der Waals surface area contributed by atoms with E-state index in [2.05, 4.69) is 9.88 Å². The van der Waals surface area contributed by atoms with Crippen molar-refractivity contribution in [2.24, 2.45) is 0 Å². The molecule has 1 aliphatic rings. The number of rotatable bonds is 4. The molecule has 1 fully saturated rings. The first-order valence-corrected chi connectivity index (χ1v) is 6.51. The molecular formula is C14H17N3O. The number of aromatic nitrogens is 2. The summed E-state index contributed by atoms with van der Waals surface area (Å²) in [6.45, 7) is 3.48. The maximum absolute atomic E-state index is 10.9. The molecule has 0 aliphatic carbocycles. The van der Waals surface area contributed by atoms with Crippen molar-refractivity contribution in [3.8, 4) is 0 Å². The van der Waals surface area contributed by atoms with Crippen LogP contribution in [0, 0.1) is 0 Å². The summed E-state index contributed by atoms with van der Waals surface area (Å²) >= 11 is 0. The van der Waals surface area contributed by atoms with Crippen LogP contribution >= 0.6 is 0 Å². The van der Waals surface area contributed by atoms with Crippen LogP contribution in [0.1, 0.15) is 29.0 Å². The summed E-state index contributed by atoms with van der Waals surface area (Å²) in [5.74, 6) is 1.04. The van der Waals surface area contributed by atoms with Crippen LogP contribution in [-0.4, -0.2) is 40.2 Å². The molecule has 0 radical (unpaired) electrons. The predicted molar refractivity (Wildman–Crippen MR) is 70.0 cm³/mol. The van der Waals surface area contributed by atoms with Crippen LogP contribution in [-0.2, 0) is 6.42 Å². The minimum atomic E-state index is 0.706. The lowest BCUT2D eigenvalue weighted by Crippen LogP contribution is -2.22. The van der Waals surface area contributed by atoms with Crippen LogP contribution in [0.25, 0.3) is 5.52 Å². The third-order valence-corrected chi connectivity index (χ3v) is 3.66. The number of hydrogen-bond acceptors (Lipinski definition) is 3. The SMILES string of the molecule is O=Cc1cccn2c(CCN3CCCC3)ncc12. The average Bonchev–Trinajstić information content (AvgIpc) is 3.05. The minimum Gasteiger partial charge on any atom is -0.303 e. The van der Waals surface area contributed by atoms with Crippen molar-refractivity contribution in [3.05, 3.63) is 35.9 Å². The van der Waals surface area contributed by atoms with E-state index in [4.69, 9.17) is 0 Å². The van der Waals surface area contributed by atoms with Gasteiger partial charge in [-0.15, -0.1) is 0 Å². The fourth-order valence-corrected chi connectivity index (χ4v) is 2.65. The van der Waals surface area contributed by atoms with Gasteiger partial charge in [-0.25, -0.2) is 4.98 Å². The maximum atomic E-state index is 10.9. The molecule has 0 unspecified atom stereocenters. The van der Waals surface area contributed by atoms with Crippen LogP contribution in [0.15, 0.2) is 24.5 Å².